The molecule has 0 saturated heterocycles. The van der Waals surface area contributed by atoms with Crippen LogP contribution in [0, 0.1) is 6.92 Å². The van der Waals surface area contributed by atoms with Crippen molar-refractivity contribution in [2.24, 2.45) is 0 Å². The number of carbonyl (C=O) groups is 1. The van der Waals surface area contributed by atoms with Gasteiger partial charge in [0.1, 0.15) is 5.82 Å². The van der Waals surface area contributed by atoms with E-state index in [9.17, 15) is 4.79 Å². The first-order chi connectivity index (χ1) is 11.1. The molecule has 0 aliphatic rings. The molecule has 3 aromatic rings. The second kappa shape index (κ2) is 6.79. The standard InChI is InChI=1S/C18H16BrN3O/c1-13-2-4-14(5-3-13)12-22-17(10-11-20-22)21-18(23)15-6-8-16(19)9-7-15/h2-11H,12H2,1H3,(H,21,23). The first kappa shape index (κ1) is 15.5. The highest BCUT2D eigenvalue weighted by molar-refractivity contribution is 9.10. The predicted molar refractivity (Wildman–Crippen MR) is 94.6 cm³/mol. The number of carbonyl (C=O) groups excluding carboxylic acids is 1. The molecule has 2 aromatic carbocycles. The van der Waals surface area contributed by atoms with Crippen LogP contribution in [0.2, 0.25) is 0 Å². The van der Waals surface area contributed by atoms with Gasteiger partial charge in [0.15, 0.2) is 0 Å². The van der Waals surface area contributed by atoms with E-state index < -0.39 is 0 Å². The zero-order valence-corrected chi connectivity index (χ0v) is 14.2. The van der Waals surface area contributed by atoms with Crippen molar-refractivity contribution >= 4 is 27.7 Å². The summed E-state index contributed by atoms with van der Waals surface area (Å²) in [5, 5.41) is 7.19. The topological polar surface area (TPSA) is 46.9 Å². The highest BCUT2D eigenvalue weighted by Gasteiger charge is 2.10. The van der Waals surface area contributed by atoms with Crippen LogP contribution in [0.15, 0.2) is 65.3 Å². The second-order valence-electron chi connectivity index (χ2n) is 5.32. The van der Waals surface area contributed by atoms with Crippen molar-refractivity contribution in [2.45, 2.75) is 13.5 Å². The number of amides is 1. The van der Waals surface area contributed by atoms with Crippen molar-refractivity contribution in [3.63, 3.8) is 0 Å². The van der Waals surface area contributed by atoms with Gasteiger partial charge in [0.25, 0.3) is 5.91 Å². The Labute approximate surface area is 143 Å². The van der Waals surface area contributed by atoms with Gasteiger partial charge in [-0.05, 0) is 36.8 Å². The molecule has 4 nitrogen and oxygen atoms in total. The van der Waals surface area contributed by atoms with Crippen LogP contribution in [0.4, 0.5) is 5.82 Å². The molecule has 1 heterocycles. The maximum atomic E-state index is 12.3. The number of hydrogen-bond acceptors (Lipinski definition) is 2. The van der Waals surface area contributed by atoms with E-state index in [0.717, 1.165) is 10.0 Å². The molecule has 1 aromatic heterocycles. The summed E-state index contributed by atoms with van der Waals surface area (Å²) in [6, 6.07) is 17.3. The van der Waals surface area contributed by atoms with Gasteiger partial charge in [0.05, 0.1) is 12.7 Å². The van der Waals surface area contributed by atoms with Gasteiger partial charge in [-0.3, -0.25) is 4.79 Å². The van der Waals surface area contributed by atoms with E-state index in [4.69, 9.17) is 0 Å². The third-order valence-electron chi connectivity index (χ3n) is 3.52. The largest absolute Gasteiger partial charge is 0.307 e. The minimum absolute atomic E-state index is 0.150. The van der Waals surface area contributed by atoms with E-state index >= 15 is 0 Å². The summed E-state index contributed by atoms with van der Waals surface area (Å²) in [6.45, 7) is 2.67. The molecule has 0 aliphatic heterocycles. The molecular weight excluding hydrogens is 354 g/mol. The number of aromatic nitrogens is 2. The molecule has 0 saturated carbocycles. The fourth-order valence-electron chi connectivity index (χ4n) is 2.22. The number of anilines is 1. The molecule has 23 heavy (non-hydrogen) atoms. The van der Waals surface area contributed by atoms with Gasteiger partial charge in [-0.15, -0.1) is 0 Å². The molecule has 116 valence electrons. The molecule has 0 fully saturated rings. The smallest absolute Gasteiger partial charge is 0.256 e. The van der Waals surface area contributed by atoms with Crippen LogP contribution in [-0.4, -0.2) is 15.7 Å². The number of benzene rings is 2. The number of rotatable bonds is 4. The van der Waals surface area contributed by atoms with Crippen LogP contribution < -0.4 is 5.32 Å². The third kappa shape index (κ3) is 3.87. The van der Waals surface area contributed by atoms with Gasteiger partial charge >= 0.3 is 0 Å². The normalized spacial score (nSPS) is 10.5. The lowest BCUT2D eigenvalue weighted by molar-refractivity contribution is 0.102. The highest BCUT2D eigenvalue weighted by Crippen LogP contribution is 2.14. The summed E-state index contributed by atoms with van der Waals surface area (Å²) in [4.78, 5) is 12.3. The summed E-state index contributed by atoms with van der Waals surface area (Å²) in [6.07, 6.45) is 1.69. The van der Waals surface area contributed by atoms with E-state index in [1.54, 1.807) is 29.1 Å². The number of nitrogens with zero attached hydrogens (tertiary/aromatic N) is 2. The van der Waals surface area contributed by atoms with Gasteiger partial charge in [-0.1, -0.05) is 45.8 Å². The highest BCUT2D eigenvalue weighted by atomic mass is 79.9. The SMILES string of the molecule is Cc1ccc(Cn2nccc2NC(=O)c2ccc(Br)cc2)cc1. The monoisotopic (exact) mass is 369 g/mol. The van der Waals surface area contributed by atoms with Crippen molar-refractivity contribution in [3.05, 3.63) is 82.0 Å². The Bertz CT molecular complexity index is 807. The maximum Gasteiger partial charge on any atom is 0.256 e. The fraction of sp³-hybridized carbons (Fsp3) is 0.111. The van der Waals surface area contributed by atoms with Crippen LogP contribution in [0.25, 0.3) is 0 Å². The molecule has 5 heteroatoms. The summed E-state index contributed by atoms with van der Waals surface area (Å²) in [7, 11) is 0. The van der Waals surface area contributed by atoms with Crippen LogP contribution >= 0.6 is 15.9 Å². The van der Waals surface area contributed by atoms with Gasteiger partial charge in [0.2, 0.25) is 0 Å². The quantitative estimate of drug-likeness (QED) is 0.746. The molecule has 1 amide bonds. The Kier molecular flexibility index (Phi) is 4.57. The first-order valence-corrected chi connectivity index (χ1v) is 8.05. The van der Waals surface area contributed by atoms with Crippen molar-refractivity contribution in [3.8, 4) is 0 Å². The Balaban J connectivity index is 1.74. The Morgan fingerprint density at radius 2 is 1.78 bits per heavy atom. The lowest BCUT2D eigenvalue weighted by Crippen LogP contribution is -2.16. The van der Waals surface area contributed by atoms with E-state index in [2.05, 4.69) is 57.5 Å². The van der Waals surface area contributed by atoms with Gasteiger partial charge in [-0.25, -0.2) is 4.68 Å². The average molecular weight is 370 g/mol. The molecule has 1 N–H and O–H groups in total. The second-order valence-corrected chi connectivity index (χ2v) is 6.24. The zero-order chi connectivity index (χ0) is 16.2. The fourth-order valence-corrected chi connectivity index (χ4v) is 2.49. The Hall–Kier alpha value is -2.40. The van der Waals surface area contributed by atoms with Crippen molar-refractivity contribution in [1.82, 2.24) is 9.78 Å². The number of aryl methyl sites for hydroxylation is 1. The van der Waals surface area contributed by atoms with Crippen LogP contribution in [0.5, 0.6) is 0 Å². The molecular formula is C18H16BrN3O. The first-order valence-electron chi connectivity index (χ1n) is 7.26. The minimum Gasteiger partial charge on any atom is -0.307 e. The molecule has 0 bridgehead atoms. The number of hydrogen-bond donors (Lipinski definition) is 1. The number of halogens is 1. The molecule has 0 spiro atoms. The molecule has 0 atom stereocenters. The summed E-state index contributed by atoms with van der Waals surface area (Å²) < 4.78 is 2.72. The maximum absolute atomic E-state index is 12.3. The van der Waals surface area contributed by atoms with Crippen LogP contribution in [0.3, 0.4) is 0 Å². The summed E-state index contributed by atoms with van der Waals surface area (Å²) in [5.41, 5.74) is 2.97. The lowest BCUT2D eigenvalue weighted by Gasteiger charge is -2.09. The van der Waals surface area contributed by atoms with Crippen LogP contribution in [-0.2, 0) is 6.54 Å². The third-order valence-corrected chi connectivity index (χ3v) is 4.05. The van der Waals surface area contributed by atoms with Gasteiger partial charge < -0.3 is 5.32 Å². The lowest BCUT2D eigenvalue weighted by atomic mass is 10.1. The van der Waals surface area contributed by atoms with Crippen molar-refractivity contribution in [2.75, 3.05) is 5.32 Å². The predicted octanol–water partition coefficient (Wildman–Crippen LogP) is 4.25. The van der Waals surface area contributed by atoms with E-state index in [-0.39, 0.29) is 5.91 Å². The van der Waals surface area contributed by atoms with Crippen molar-refractivity contribution in [1.29, 1.82) is 0 Å². The zero-order valence-electron chi connectivity index (χ0n) is 12.7. The molecule has 0 aliphatic carbocycles. The van der Waals surface area contributed by atoms with Crippen LogP contribution in [0.1, 0.15) is 21.5 Å². The van der Waals surface area contributed by atoms with E-state index in [1.165, 1.54) is 5.56 Å². The van der Waals surface area contributed by atoms with Gasteiger partial charge in [-0.2, -0.15) is 5.10 Å². The molecule has 0 radical (unpaired) electrons. The number of nitrogens with one attached hydrogen (secondary N) is 1. The Morgan fingerprint density at radius 3 is 2.48 bits per heavy atom. The minimum atomic E-state index is -0.150. The average Bonchev–Trinajstić information content (AvgIpc) is 2.97. The van der Waals surface area contributed by atoms with Gasteiger partial charge in [0, 0.05) is 16.1 Å². The Morgan fingerprint density at radius 1 is 1.09 bits per heavy atom. The summed E-state index contributed by atoms with van der Waals surface area (Å²) >= 11 is 3.36. The molecule has 0 unspecified atom stereocenters. The summed E-state index contributed by atoms with van der Waals surface area (Å²) in [5.74, 6) is 0.529. The van der Waals surface area contributed by atoms with E-state index in [1.807, 2.05) is 12.1 Å². The van der Waals surface area contributed by atoms with Crippen molar-refractivity contribution < 1.29 is 4.79 Å². The van der Waals surface area contributed by atoms with E-state index in [0.29, 0.717) is 17.9 Å². The molecule has 3 rings (SSSR count).